The van der Waals surface area contributed by atoms with E-state index in [4.69, 9.17) is 4.74 Å². The minimum absolute atomic E-state index is 0.0284. The van der Waals surface area contributed by atoms with Gasteiger partial charge in [-0.1, -0.05) is 6.07 Å². The van der Waals surface area contributed by atoms with Crippen LogP contribution >= 0.6 is 0 Å². The zero-order valence-corrected chi connectivity index (χ0v) is 14.5. The molecule has 4 saturated carbocycles. The summed E-state index contributed by atoms with van der Waals surface area (Å²) >= 11 is 0. The van der Waals surface area contributed by atoms with E-state index in [2.05, 4.69) is 0 Å². The molecule has 4 aliphatic rings. The lowest BCUT2D eigenvalue weighted by molar-refractivity contribution is -0.384. The summed E-state index contributed by atoms with van der Waals surface area (Å²) in [6.07, 6.45) is 6.46. The monoisotopic (exact) mass is 344 g/mol. The Morgan fingerprint density at radius 2 is 1.84 bits per heavy atom. The molecule has 4 fully saturated rings. The molecule has 0 unspecified atom stereocenters. The second-order valence-electron chi connectivity index (χ2n) is 7.97. The molecule has 0 aliphatic heterocycles. The number of likely N-dealkylation sites (N-methyl/N-ethyl adjacent to an activating group) is 1. The third kappa shape index (κ3) is 3.10. The van der Waals surface area contributed by atoms with E-state index in [-0.39, 0.29) is 18.2 Å². The highest BCUT2D eigenvalue weighted by molar-refractivity contribution is 5.78. The summed E-state index contributed by atoms with van der Waals surface area (Å²) in [7, 11) is 1.89. The molecule has 25 heavy (non-hydrogen) atoms. The predicted octanol–water partition coefficient (Wildman–Crippen LogP) is 3.26. The number of carbonyl (C=O) groups is 1. The fraction of sp³-hybridized carbons (Fsp3) is 0.632. The molecule has 1 aromatic rings. The van der Waals surface area contributed by atoms with Gasteiger partial charge in [0.15, 0.2) is 6.61 Å². The Balaban J connectivity index is 1.38. The van der Waals surface area contributed by atoms with Crippen LogP contribution in [0.5, 0.6) is 5.75 Å². The molecule has 0 heterocycles. The summed E-state index contributed by atoms with van der Waals surface area (Å²) < 4.78 is 5.53. The number of nitro benzene ring substituents is 1. The van der Waals surface area contributed by atoms with Crippen molar-refractivity contribution in [1.29, 1.82) is 0 Å². The average Bonchev–Trinajstić information content (AvgIpc) is 2.58. The Bertz CT molecular complexity index is 662. The highest BCUT2D eigenvalue weighted by Crippen LogP contribution is 2.54. The number of hydrogen-bond donors (Lipinski definition) is 0. The summed E-state index contributed by atoms with van der Waals surface area (Å²) in [5.41, 5.74) is -0.0284. The van der Waals surface area contributed by atoms with Gasteiger partial charge in [0, 0.05) is 19.2 Å². The van der Waals surface area contributed by atoms with Gasteiger partial charge in [0.2, 0.25) is 0 Å². The molecule has 1 aromatic carbocycles. The maximum absolute atomic E-state index is 12.6. The number of carbonyl (C=O) groups excluding carboxylic acids is 1. The van der Waals surface area contributed by atoms with Crippen molar-refractivity contribution < 1.29 is 14.5 Å². The Morgan fingerprint density at radius 3 is 2.44 bits per heavy atom. The van der Waals surface area contributed by atoms with Crippen LogP contribution in [0.2, 0.25) is 0 Å². The first-order valence-corrected chi connectivity index (χ1v) is 9.14. The normalized spacial score (nSPS) is 32.4. The van der Waals surface area contributed by atoms with Crippen molar-refractivity contribution in [3.05, 3.63) is 34.4 Å². The molecule has 1 amide bonds. The molecule has 0 radical (unpaired) electrons. The summed E-state index contributed by atoms with van der Waals surface area (Å²) in [6.45, 7) is -0.0690. The van der Waals surface area contributed by atoms with Gasteiger partial charge in [-0.25, -0.2) is 0 Å². The van der Waals surface area contributed by atoms with Crippen LogP contribution in [-0.2, 0) is 4.79 Å². The fourth-order valence-corrected chi connectivity index (χ4v) is 5.63. The minimum Gasteiger partial charge on any atom is -0.484 e. The van der Waals surface area contributed by atoms with Gasteiger partial charge in [0.25, 0.3) is 11.6 Å². The van der Waals surface area contributed by atoms with Gasteiger partial charge in [-0.05, 0) is 61.8 Å². The topological polar surface area (TPSA) is 72.7 Å². The zero-order chi connectivity index (χ0) is 17.6. The first-order chi connectivity index (χ1) is 12.0. The number of non-ortho nitro benzene ring substituents is 1. The highest BCUT2D eigenvalue weighted by atomic mass is 16.6. The summed E-state index contributed by atoms with van der Waals surface area (Å²) in [5.74, 6) is 3.36. The van der Waals surface area contributed by atoms with Gasteiger partial charge in [-0.2, -0.15) is 0 Å². The molecule has 4 bridgehead atoms. The lowest BCUT2D eigenvalue weighted by Crippen LogP contribution is -2.56. The third-order valence-corrected chi connectivity index (χ3v) is 6.41. The molecule has 0 aromatic heterocycles. The van der Waals surface area contributed by atoms with Crippen LogP contribution in [0.25, 0.3) is 0 Å². The standard InChI is InChI=1S/C19H24N2O4/c1-20(19-14-6-12-5-13(8-14)9-15(19)7-12)18(22)11-25-17-4-2-3-16(10-17)21(23)24/h2-4,10,12-15,19H,5-9,11H2,1H3. The largest absolute Gasteiger partial charge is 0.484 e. The number of hydrogen-bond acceptors (Lipinski definition) is 4. The van der Waals surface area contributed by atoms with Crippen molar-refractivity contribution in [2.75, 3.05) is 13.7 Å². The first kappa shape index (κ1) is 16.4. The zero-order valence-electron chi connectivity index (χ0n) is 14.5. The van der Waals surface area contributed by atoms with Crippen molar-refractivity contribution >= 4 is 11.6 Å². The molecule has 6 nitrogen and oxygen atoms in total. The molecule has 0 N–H and O–H groups in total. The van der Waals surface area contributed by atoms with E-state index in [9.17, 15) is 14.9 Å². The molecular weight excluding hydrogens is 320 g/mol. The molecule has 4 aliphatic carbocycles. The van der Waals surface area contributed by atoms with Gasteiger partial charge in [0.1, 0.15) is 5.75 Å². The maximum atomic E-state index is 12.6. The van der Waals surface area contributed by atoms with E-state index in [0.717, 1.165) is 11.8 Å². The van der Waals surface area contributed by atoms with Gasteiger partial charge in [-0.15, -0.1) is 0 Å². The second-order valence-corrected chi connectivity index (χ2v) is 7.97. The molecule has 134 valence electrons. The van der Waals surface area contributed by atoms with Crippen LogP contribution in [0.1, 0.15) is 32.1 Å². The minimum atomic E-state index is -0.463. The number of amides is 1. The Kier molecular flexibility index (Phi) is 4.13. The van der Waals surface area contributed by atoms with Crippen molar-refractivity contribution in [1.82, 2.24) is 4.90 Å². The van der Waals surface area contributed by atoms with E-state index >= 15 is 0 Å². The second kappa shape index (κ2) is 6.32. The smallest absolute Gasteiger partial charge is 0.273 e. The number of nitro groups is 1. The lowest BCUT2D eigenvalue weighted by atomic mass is 9.54. The van der Waals surface area contributed by atoms with Crippen molar-refractivity contribution in [3.8, 4) is 5.75 Å². The van der Waals surface area contributed by atoms with E-state index in [0.29, 0.717) is 23.6 Å². The Hall–Kier alpha value is -2.11. The van der Waals surface area contributed by atoms with Gasteiger partial charge >= 0.3 is 0 Å². The van der Waals surface area contributed by atoms with Crippen molar-refractivity contribution in [2.24, 2.45) is 23.7 Å². The van der Waals surface area contributed by atoms with E-state index in [1.165, 1.54) is 44.2 Å². The van der Waals surface area contributed by atoms with E-state index in [1.54, 1.807) is 12.1 Å². The molecule has 6 heteroatoms. The highest BCUT2D eigenvalue weighted by Gasteiger charge is 2.50. The third-order valence-electron chi connectivity index (χ3n) is 6.41. The van der Waals surface area contributed by atoms with Gasteiger partial charge in [-0.3, -0.25) is 14.9 Å². The summed E-state index contributed by atoms with van der Waals surface area (Å²) in [5, 5.41) is 10.8. The number of rotatable bonds is 5. The van der Waals surface area contributed by atoms with Gasteiger partial charge in [0.05, 0.1) is 11.0 Å². The Morgan fingerprint density at radius 1 is 1.20 bits per heavy atom. The molecule has 5 rings (SSSR count). The predicted molar refractivity (Wildman–Crippen MR) is 92.2 cm³/mol. The SMILES string of the molecule is CN(C(=O)COc1cccc([N+](=O)[O-])c1)C1C2CC3CC(C2)CC1C3. The maximum Gasteiger partial charge on any atom is 0.273 e. The number of benzene rings is 1. The van der Waals surface area contributed by atoms with Crippen LogP contribution in [0.3, 0.4) is 0 Å². The molecule has 0 saturated heterocycles. The van der Waals surface area contributed by atoms with Crippen molar-refractivity contribution in [2.45, 2.75) is 38.1 Å². The fourth-order valence-electron chi connectivity index (χ4n) is 5.63. The molecule has 0 atom stereocenters. The van der Waals surface area contributed by atoms with Crippen LogP contribution in [0, 0.1) is 33.8 Å². The van der Waals surface area contributed by atoms with E-state index < -0.39 is 4.92 Å². The quantitative estimate of drug-likeness (QED) is 0.607. The summed E-state index contributed by atoms with van der Waals surface area (Å²) in [6, 6.07) is 6.32. The van der Waals surface area contributed by atoms with Crippen LogP contribution in [0.4, 0.5) is 5.69 Å². The van der Waals surface area contributed by atoms with Crippen LogP contribution < -0.4 is 4.74 Å². The van der Waals surface area contributed by atoms with Gasteiger partial charge < -0.3 is 9.64 Å². The number of ether oxygens (including phenoxy) is 1. The van der Waals surface area contributed by atoms with Crippen LogP contribution in [-0.4, -0.2) is 35.4 Å². The summed E-state index contributed by atoms with van der Waals surface area (Å²) in [4.78, 5) is 24.9. The van der Waals surface area contributed by atoms with Crippen LogP contribution in [0.15, 0.2) is 24.3 Å². The molecular formula is C19H24N2O4. The average molecular weight is 344 g/mol. The lowest BCUT2D eigenvalue weighted by Gasteiger charge is -2.56. The number of nitrogens with zero attached hydrogens (tertiary/aromatic N) is 2. The van der Waals surface area contributed by atoms with Crippen molar-refractivity contribution in [3.63, 3.8) is 0 Å². The Labute approximate surface area is 147 Å². The molecule has 0 spiro atoms. The first-order valence-electron chi connectivity index (χ1n) is 9.14. The van der Waals surface area contributed by atoms with E-state index in [1.807, 2.05) is 11.9 Å².